The fourth-order valence-electron chi connectivity index (χ4n) is 1.36. The van der Waals surface area contributed by atoms with Crippen molar-refractivity contribution >= 4 is 10.0 Å². The fourth-order valence-corrected chi connectivity index (χ4v) is 2.32. The summed E-state index contributed by atoms with van der Waals surface area (Å²) in [5, 5.41) is 12.9. The lowest BCUT2D eigenvalue weighted by Gasteiger charge is -2.03. The van der Waals surface area contributed by atoms with E-state index in [0.717, 1.165) is 0 Å². The summed E-state index contributed by atoms with van der Waals surface area (Å²) in [4.78, 5) is 0. The van der Waals surface area contributed by atoms with Crippen molar-refractivity contribution in [2.45, 2.75) is 24.5 Å². The van der Waals surface area contributed by atoms with E-state index in [1.807, 2.05) is 6.07 Å². The molecule has 0 aromatic heterocycles. The van der Waals surface area contributed by atoms with Crippen LogP contribution in [0.2, 0.25) is 0 Å². The van der Waals surface area contributed by atoms with Crippen LogP contribution in [0.3, 0.4) is 0 Å². The quantitative estimate of drug-likeness (QED) is 0.605. The van der Waals surface area contributed by atoms with Crippen LogP contribution in [0.15, 0.2) is 0 Å². The summed E-state index contributed by atoms with van der Waals surface area (Å²) in [5.74, 6) is -0.113. The monoisotopic (exact) mass is 174 g/mol. The number of rotatable bonds is 1. The van der Waals surface area contributed by atoms with E-state index in [2.05, 4.69) is 0 Å². The minimum Gasteiger partial charge on any atom is -0.228 e. The summed E-state index contributed by atoms with van der Waals surface area (Å²) >= 11 is 0. The first-order valence-electron chi connectivity index (χ1n) is 3.45. The first-order valence-corrected chi connectivity index (χ1v) is 5.06. The number of primary sulfonamides is 1. The minimum absolute atomic E-state index is 0.113. The van der Waals surface area contributed by atoms with E-state index in [-0.39, 0.29) is 5.92 Å². The first kappa shape index (κ1) is 8.50. The van der Waals surface area contributed by atoms with E-state index in [9.17, 15) is 8.42 Å². The summed E-state index contributed by atoms with van der Waals surface area (Å²) in [6.45, 7) is 0. The molecule has 62 valence electrons. The number of nitriles is 1. The maximum Gasteiger partial charge on any atom is 0.212 e. The van der Waals surface area contributed by atoms with Crippen molar-refractivity contribution in [3.05, 3.63) is 0 Å². The number of hydrogen-bond acceptors (Lipinski definition) is 3. The number of sulfonamides is 1. The molecular weight excluding hydrogens is 164 g/mol. The van der Waals surface area contributed by atoms with Crippen LogP contribution in [0.1, 0.15) is 19.3 Å². The van der Waals surface area contributed by atoms with Gasteiger partial charge in [0.15, 0.2) is 0 Å². The van der Waals surface area contributed by atoms with Crippen molar-refractivity contribution < 1.29 is 8.42 Å². The predicted molar refractivity (Wildman–Crippen MR) is 39.8 cm³/mol. The predicted octanol–water partition coefficient (Wildman–Crippen LogP) is -0.0328. The lowest BCUT2D eigenvalue weighted by atomic mass is 10.1. The average Bonchev–Trinajstić information content (AvgIpc) is 2.32. The van der Waals surface area contributed by atoms with Gasteiger partial charge in [0.05, 0.1) is 11.3 Å². The fraction of sp³-hybridized carbons (Fsp3) is 0.833. The molecule has 1 aliphatic rings. The molecule has 11 heavy (non-hydrogen) atoms. The molecular formula is C6H10N2O2S. The van der Waals surface area contributed by atoms with Gasteiger partial charge in [-0.05, 0) is 19.3 Å². The maximum absolute atomic E-state index is 10.8. The Labute approximate surface area is 66.1 Å². The van der Waals surface area contributed by atoms with Gasteiger partial charge in [-0.3, -0.25) is 0 Å². The largest absolute Gasteiger partial charge is 0.228 e. The van der Waals surface area contributed by atoms with Gasteiger partial charge in [-0.2, -0.15) is 5.26 Å². The average molecular weight is 174 g/mol. The molecule has 0 saturated heterocycles. The Morgan fingerprint density at radius 3 is 2.36 bits per heavy atom. The van der Waals surface area contributed by atoms with Gasteiger partial charge in [0.25, 0.3) is 0 Å². The molecule has 5 heteroatoms. The molecule has 0 radical (unpaired) electrons. The lowest BCUT2D eigenvalue weighted by Crippen LogP contribution is -2.25. The smallest absolute Gasteiger partial charge is 0.212 e. The molecule has 1 rings (SSSR count). The topological polar surface area (TPSA) is 83.9 Å². The lowest BCUT2D eigenvalue weighted by molar-refractivity contribution is 0.579. The summed E-state index contributed by atoms with van der Waals surface area (Å²) in [7, 11) is -3.40. The van der Waals surface area contributed by atoms with Gasteiger partial charge in [0.1, 0.15) is 0 Å². The molecule has 0 amide bonds. The second kappa shape index (κ2) is 2.80. The summed E-state index contributed by atoms with van der Waals surface area (Å²) in [5.41, 5.74) is 0. The van der Waals surface area contributed by atoms with Crippen molar-refractivity contribution in [3.8, 4) is 6.07 Å². The number of nitrogens with two attached hydrogens (primary N) is 1. The molecule has 2 unspecified atom stereocenters. The van der Waals surface area contributed by atoms with Crippen LogP contribution in [0.5, 0.6) is 0 Å². The zero-order valence-electron chi connectivity index (χ0n) is 6.03. The highest BCUT2D eigenvalue weighted by molar-refractivity contribution is 7.89. The Hall–Kier alpha value is -0.600. The third kappa shape index (κ3) is 1.91. The standard InChI is InChI=1S/C6H10N2O2S/c7-4-5-1-2-6(3-5)11(8,9)10/h5-6H,1-3H2,(H2,8,9,10). The third-order valence-corrected chi connectivity index (χ3v) is 3.39. The Kier molecular flexibility index (Phi) is 2.16. The normalized spacial score (nSPS) is 31.6. The molecule has 4 nitrogen and oxygen atoms in total. The van der Waals surface area contributed by atoms with Crippen LogP contribution in [-0.2, 0) is 10.0 Å². The van der Waals surface area contributed by atoms with Gasteiger partial charge in [0.2, 0.25) is 10.0 Å². The second-order valence-electron chi connectivity index (χ2n) is 2.85. The van der Waals surface area contributed by atoms with E-state index in [1.165, 1.54) is 0 Å². The van der Waals surface area contributed by atoms with Crippen LogP contribution in [0.25, 0.3) is 0 Å². The van der Waals surface area contributed by atoms with Crippen molar-refractivity contribution in [3.63, 3.8) is 0 Å². The molecule has 2 N–H and O–H groups in total. The van der Waals surface area contributed by atoms with Gasteiger partial charge >= 0.3 is 0 Å². The van der Waals surface area contributed by atoms with Crippen molar-refractivity contribution in [1.29, 1.82) is 5.26 Å². The highest BCUT2D eigenvalue weighted by Crippen LogP contribution is 2.28. The SMILES string of the molecule is N#CC1CCC(S(N)(=O)=O)C1. The highest BCUT2D eigenvalue weighted by atomic mass is 32.2. The Balaban J connectivity index is 2.64. The molecule has 0 aromatic rings. The molecule has 0 heterocycles. The van der Waals surface area contributed by atoms with E-state index >= 15 is 0 Å². The van der Waals surface area contributed by atoms with E-state index in [4.69, 9.17) is 10.4 Å². The van der Waals surface area contributed by atoms with Crippen molar-refractivity contribution in [2.24, 2.45) is 11.1 Å². The van der Waals surface area contributed by atoms with Crippen LogP contribution in [-0.4, -0.2) is 13.7 Å². The minimum atomic E-state index is -3.40. The van der Waals surface area contributed by atoms with Crippen LogP contribution in [0, 0.1) is 17.2 Å². The molecule has 0 bridgehead atoms. The van der Waals surface area contributed by atoms with Crippen molar-refractivity contribution in [1.82, 2.24) is 0 Å². The molecule has 1 fully saturated rings. The van der Waals surface area contributed by atoms with Crippen LogP contribution < -0.4 is 5.14 Å². The first-order chi connectivity index (χ1) is 5.04. The Morgan fingerprint density at radius 1 is 1.45 bits per heavy atom. The van der Waals surface area contributed by atoms with Gasteiger partial charge in [-0.1, -0.05) is 0 Å². The van der Waals surface area contributed by atoms with Crippen LogP contribution >= 0.6 is 0 Å². The molecule has 2 atom stereocenters. The van der Waals surface area contributed by atoms with Crippen molar-refractivity contribution in [2.75, 3.05) is 0 Å². The highest BCUT2D eigenvalue weighted by Gasteiger charge is 2.31. The molecule has 1 saturated carbocycles. The maximum atomic E-state index is 10.8. The molecule has 0 aliphatic heterocycles. The van der Waals surface area contributed by atoms with Gasteiger partial charge < -0.3 is 0 Å². The third-order valence-electron chi connectivity index (χ3n) is 2.03. The zero-order chi connectivity index (χ0) is 8.48. The number of hydrogen-bond donors (Lipinski definition) is 1. The van der Waals surface area contributed by atoms with Crippen LogP contribution in [0.4, 0.5) is 0 Å². The summed E-state index contributed by atoms with van der Waals surface area (Å²) in [6.07, 6.45) is 1.62. The van der Waals surface area contributed by atoms with E-state index < -0.39 is 15.3 Å². The second-order valence-corrected chi connectivity index (χ2v) is 4.69. The van der Waals surface area contributed by atoms with Gasteiger partial charge in [-0.25, -0.2) is 13.6 Å². The zero-order valence-corrected chi connectivity index (χ0v) is 6.84. The Morgan fingerprint density at radius 2 is 2.09 bits per heavy atom. The molecule has 0 spiro atoms. The summed E-state index contributed by atoms with van der Waals surface area (Å²) in [6, 6.07) is 2.05. The Bertz CT molecular complexity index is 277. The van der Waals surface area contributed by atoms with Gasteiger partial charge in [-0.15, -0.1) is 0 Å². The van der Waals surface area contributed by atoms with Gasteiger partial charge in [0, 0.05) is 5.92 Å². The van der Waals surface area contributed by atoms with E-state index in [0.29, 0.717) is 19.3 Å². The summed E-state index contributed by atoms with van der Waals surface area (Å²) < 4.78 is 21.5. The number of nitrogens with zero attached hydrogens (tertiary/aromatic N) is 1. The van der Waals surface area contributed by atoms with E-state index in [1.54, 1.807) is 0 Å². The molecule has 0 aromatic carbocycles. The molecule has 1 aliphatic carbocycles.